The van der Waals surface area contributed by atoms with E-state index in [9.17, 15) is 23.1 Å². The van der Waals surface area contributed by atoms with E-state index < -0.39 is 28.2 Å². The maximum atomic E-state index is 13.9. The first-order valence-electron chi connectivity index (χ1n) is 15.1. The Morgan fingerprint density at radius 1 is 1.09 bits per heavy atom. The highest BCUT2D eigenvalue weighted by Crippen LogP contribution is 2.36. The quantitative estimate of drug-likeness (QED) is 0.194. The minimum atomic E-state index is -3.92. The molecule has 11 nitrogen and oxygen atoms in total. The Labute approximate surface area is 276 Å². The van der Waals surface area contributed by atoms with Crippen LogP contribution < -0.4 is 15.4 Å². The van der Waals surface area contributed by atoms with E-state index in [1.807, 2.05) is 43.3 Å². The number of urea groups is 1. The number of ether oxygens (including phenoxy) is 1. The number of carbonyl (C=O) groups excluding carboxylic acids is 2. The maximum Gasteiger partial charge on any atom is 0.323 e. The van der Waals surface area contributed by atoms with Crippen LogP contribution in [0, 0.1) is 5.92 Å². The van der Waals surface area contributed by atoms with E-state index in [4.69, 9.17) is 4.74 Å². The molecule has 5 aromatic rings. The molecule has 0 saturated heterocycles. The summed E-state index contributed by atoms with van der Waals surface area (Å²) in [6.45, 7) is 3.51. The third-order valence-electron chi connectivity index (χ3n) is 8.43. The molecule has 1 aromatic heterocycles. The smallest absolute Gasteiger partial charge is 0.323 e. The predicted octanol–water partition coefficient (Wildman–Crippen LogP) is 5.63. The molecule has 3 N–H and O–H groups in total. The minimum Gasteiger partial charge on any atom is -0.486 e. The van der Waals surface area contributed by atoms with Crippen molar-refractivity contribution in [3.05, 3.63) is 89.9 Å². The zero-order valence-electron chi connectivity index (χ0n) is 26.1. The van der Waals surface area contributed by atoms with E-state index in [0.29, 0.717) is 5.69 Å². The molecule has 0 fully saturated rings. The van der Waals surface area contributed by atoms with Crippen LogP contribution >= 0.6 is 11.3 Å². The van der Waals surface area contributed by atoms with Gasteiger partial charge >= 0.3 is 6.03 Å². The number of nitrogens with one attached hydrogen (secondary N) is 2. The lowest BCUT2D eigenvalue weighted by Gasteiger charge is -2.38. The summed E-state index contributed by atoms with van der Waals surface area (Å²) in [6.07, 6.45) is -0.730. The Kier molecular flexibility index (Phi) is 9.15. The van der Waals surface area contributed by atoms with Gasteiger partial charge in [0, 0.05) is 24.9 Å². The number of aliphatic hydroxyl groups excluding tert-OH is 1. The van der Waals surface area contributed by atoms with E-state index in [1.165, 1.54) is 28.8 Å². The number of thiazole rings is 1. The van der Waals surface area contributed by atoms with Crippen LogP contribution in [0.2, 0.25) is 0 Å². The van der Waals surface area contributed by atoms with E-state index >= 15 is 0 Å². The van der Waals surface area contributed by atoms with Crippen molar-refractivity contribution in [2.45, 2.75) is 30.9 Å². The molecule has 6 rings (SSSR count). The molecule has 3 atom stereocenters. The van der Waals surface area contributed by atoms with Gasteiger partial charge in [-0.15, -0.1) is 11.3 Å². The van der Waals surface area contributed by atoms with Crippen LogP contribution in [-0.2, 0) is 10.0 Å². The SMILES string of the molecule is C[C@@H]1CN([C@@H](C)CO)C(=O)c2cccc(NC(=O)Nc3cccc4ccccc34)c2O[C@H]1CN(C)S(=O)(=O)c1ccc2ncsc2c1. The number of sulfonamides is 1. The van der Waals surface area contributed by atoms with Gasteiger partial charge in [0.05, 0.1) is 56.8 Å². The molecule has 0 bridgehead atoms. The van der Waals surface area contributed by atoms with E-state index in [-0.39, 0.29) is 53.4 Å². The van der Waals surface area contributed by atoms with Gasteiger partial charge in [-0.05, 0) is 48.7 Å². The fourth-order valence-corrected chi connectivity index (χ4v) is 7.70. The molecule has 0 aliphatic carbocycles. The van der Waals surface area contributed by atoms with Crippen molar-refractivity contribution in [1.29, 1.82) is 0 Å². The van der Waals surface area contributed by atoms with Gasteiger partial charge in [-0.2, -0.15) is 4.31 Å². The van der Waals surface area contributed by atoms with Crippen LogP contribution in [0.4, 0.5) is 16.2 Å². The van der Waals surface area contributed by atoms with Crippen molar-refractivity contribution in [2.75, 3.05) is 37.4 Å². The fraction of sp³-hybridized carbons (Fsp3) is 0.265. The van der Waals surface area contributed by atoms with Gasteiger partial charge in [-0.3, -0.25) is 4.79 Å². The van der Waals surface area contributed by atoms with Crippen molar-refractivity contribution in [2.24, 2.45) is 5.92 Å². The van der Waals surface area contributed by atoms with Gasteiger partial charge in [0.15, 0.2) is 5.75 Å². The number of hydrogen-bond acceptors (Lipinski definition) is 8. The van der Waals surface area contributed by atoms with Crippen molar-refractivity contribution >= 4 is 65.7 Å². The molecule has 13 heteroatoms. The number of benzene rings is 4. The molecular weight excluding hydrogens is 639 g/mol. The third kappa shape index (κ3) is 6.52. The molecule has 2 heterocycles. The summed E-state index contributed by atoms with van der Waals surface area (Å²) in [5.41, 5.74) is 3.42. The lowest BCUT2D eigenvalue weighted by atomic mass is 9.99. The maximum absolute atomic E-state index is 13.9. The van der Waals surface area contributed by atoms with Gasteiger partial charge in [-0.25, -0.2) is 18.2 Å². The Bertz CT molecular complexity index is 2060. The Morgan fingerprint density at radius 3 is 2.62 bits per heavy atom. The van der Waals surface area contributed by atoms with Gasteiger partial charge < -0.3 is 25.4 Å². The number of anilines is 2. The van der Waals surface area contributed by atoms with Gasteiger partial charge in [0.1, 0.15) is 6.10 Å². The highest BCUT2D eigenvalue weighted by Gasteiger charge is 2.36. The predicted molar refractivity (Wildman–Crippen MR) is 184 cm³/mol. The summed E-state index contributed by atoms with van der Waals surface area (Å²) in [4.78, 5) is 33.1. The average molecular weight is 674 g/mol. The lowest BCUT2D eigenvalue weighted by Crippen LogP contribution is -2.50. The van der Waals surface area contributed by atoms with Gasteiger partial charge in [0.2, 0.25) is 10.0 Å². The van der Waals surface area contributed by atoms with Crippen molar-refractivity contribution < 1.29 is 27.9 Å². The van der Waals surface area contributed by atoms with Crippen LogP contribution in [0.3, 0.4) is 0 Å². The number of fused-ring (bicyclic) bond motifs is 3. The van der Waals surface area contributed by atoms with Crippen LogP contribution in [0.1, 0.15) is 24.2 Å². The average Bonchev–Trinajstić information content (AvgIpc) is 3.54. The number of aliphatic hydroxyl groups is 1. The number of para-hydroxylation sites is 1. The first-order valence-corrected chi connectivity index (χ1v) is 17.5. The summed E-state index contributed by atoms with van der Waals surface area (Å²) < 4.78 is 36.0. The second-order valence-electron chi connectivity index (χ2n) is 11.7. The topological polar surface area (TPSA) is 141 Å². The molecule has 0 radical (unpaired) electrons. The third-order valence-corrected chi connectivity index (χ3v) is 11.0. The Morgan fingerprint density at radius 2 is 1.81 bits per heavy atom. The number of nitrogens with zero attached hydrogens (tertiary/aromatic N) is 3. The van der Waals surface area contributed by atoms with E-state index in [1.54, 1.807) is 53.7 Å². The monoisotopic (exact) mass is 673 g/mol. The highest BCUT2D eigenvalue weighted by atomic mass is 32.2. The van der Waals surface area contributed by atoms with Crippen LogP contribution in [0.25, 0.3) is 21.0 Å². The van der Waals surface area contributed by atoms with Crippen LogP contribution in [-0.4, -0.2) is 78.5 Å². The number of hydrogen-bond donors (Lipinski definition) is 3. The van der Waals surface area contributed by atoms with Crippen molar-refractivity contribution in [3.8, 4) is 5.75 Å². The molecule has 4 aromatic carbocycles. The number of aromatic nitrogens is 1. The largest absolute Gasteiger partial charge is 0.486 e. The standard InChI is InChI=1S/C34H35N5O6S2/c1-21-17-39(22(2)19-40)33(41)26-11-7-13-29(37-34(42)36-27-12-6-9-23-8-4-5-10-25(23)27)32(26)45-30(21)18-38(3)47(43,44)24-14-15-28-31(16-24)46-20-35-28/h4-16,20-22,30,40H,17-19H2,1-3H3,(H2,36,37,42)/t21-,22+,30+/m1/s1. The molecule has 1 aliphatic heterocycles. The number of likely N-dealkylation sites (N-methyl/N-ethyl adjacent to an activating group) is 1. The summed E-state index contributed by atoms with van der Waals surface area (Å²) in [6, 6.07) is 21.9. The first kappa shape index (κ1) is 32.4. The normalized spacial score (nSPS) is 17.6. The van der Waals surface area contributed by atoms with Crippen LogP contribution in [0.5, 0.6) is 5.75 Å². The molecule has 0 spiro atoms. The summed E-state index contributed by atoms with van der Waals surface area (Å²) in [5, 5.41) is 17.6. The van der Waals surface area contributed by atoms with Gasteiger partial charge in [-0.1, -0.05) is 49.4 Å². The van der Waals surface area contributed by atoms with E-state index in [2.05, 4.69) is 15.6 Å². The molecule has 3 amide bonds. The zero-order valence-corrected chi connectivity index (χ0v) is 27.7. The Balaban J connectivity index is 1.32. The van der Waals surface area contributed by atoms with Crippen molar-refractivity contribution in [1.82, 2.24) is 14.2 Å². The van der Waals surface area contributed by atoms with Gasteiger partial charge in [0.25, 0.3) is 5.91 Å². The molecule has 0 saturated carbocycles. The Hall–Kier alpha value is -4.56. The molecule has 0 unspecified atom stereocenters. The summed E-state index contributed by atoms with van der Waals surface area (Å²) in [5.74, 6) is -0.613. The lowest BCUT2D eigenvalue weighted by molar-refractivity contribution is 0.0389. The number of amides is 3. The molecule has 47 heavy (non-hydrogen) atoms. The van der Waals surface area contributed by atoms with Crippen molar-refractivity contribution in [3.63, 3.8) is 0 Å². The summed E-state index contributed by atoms with van der Waals surface area (Å²) >= 11 is 1.36. The first-order chi connectivity index (χ1) is 22.6. The number of rotatable bonds is 8. The zero-order chi connectivity index (χ0) is 33.3. The number of carbonyl (C=O) groups is 2. The highest BCUT2D eigenvalue weighted by molar-refractivity contribution is 7.89. The molecular formula is C34H35N5O6S2. The fourth-order valence-electron chi connectivity index (χ4n) is 5.70. The second kappa shape index (κ2) is 13.3. The summed E-state index contributed by atoms with van der Waals surface area (Å²) in [7, 11) is -2.44. The molecule has 244 valence electrons. The minimum absolute atomic E-state index is 0.0459. The van der Waals surface area contributed by atoms with E-state index in [0.717, 1.165) is 21.0 Å². The molecule has 1 aliphatic rings. The second-order valence-corrected chi connectivity index (χ2v) is 14.6. The van der Waals surface area contributed by atoms with Crippen LogP contribution in [0.15, 0.2) is 89.3 Å².